The van der Waals surface area contributed by atoms with E-state index in [1.807, 2.05) is 42.5 Å². The number of ether oxygens (including phenoxy) is 1. The number of fused-ring (bicyclic) bond motifs is 2. The molecule has 210 valence electrons. The predicted molar refractivity (Wildman–Crippen MR) is 163 cm³/mol. The lowest BCUT2D eigenvalue weighted by Gasteiger charge is -2.25. The molecule has 0 aliphatic carbocycles. The number of rotatable bonds is 6. The Morgan fingerprint density at radius 3 is 2.71 bits per heavy atom. The first-order valence-electron chi connectivity index (χ1n) is 13.0. The van der Waals surface area contributed by atoms with Crippen LogP contribution in [0.4, 0.5) is 5.69 Å². The monoisotopic (exact) mass is 643 g/mol. The maximum atomic E-state index is 14.0. The lowest BCUT2D eigenvalue weighted by molar-refractivity contribution is -0.384. The maximum Gasteiger partial charge on any atom is 0.338 e. The molecule has 1 aliphatic rings. The average Bonchev–Trinajstić information content (AvgIpc) is 3.56. The van der Waals surface area contributed by atoms with Gasteiger partial charge in [-0.25, -0.2) is 9.79 Å². The fourth-order valence-corrected chi connectivity index (χ4v) is 6.69. The minimum absolute atomic E-state index is 0.0447. The van der Waals surface area contributed by atoms with Gasteiger partial charge in [0, 0.05) is 28.2 Å². The molecule has 1 atom stereocenters. The van der Waals surface area contributed by atoms with Gasteiger partial charge in [-0.15, -0.1) is 0 Å². The molecule has 0 bridgehead atoms. The number of hydrogen-bond donors (Lipinski definition) is 0. The largest absolute Gasteiger partial charge is 0.463 e. The summed E-state index contributed by atoms with van der Waals surface area (Å²) in [6, 6.07) is 20.8. The van der Waals surface area contributed by atoms with Crippen LogP contribution in [0.3, 0.4) is 0 Å². The van der Waals surface area contributed by atoms with E-state index in [0.29, 0.717) is 42.2 Å². The van der Waals surface area contributed by atoms with Crippen LogP contribution in [0.25, 0.3) is 28.2 Å². The van der Waals surface area contributed by atoms with E-state index < -0.39 is 16.9 Å². The first-order chi connectivity index (χ1) is 20.3. The van der Waals surface area contributed by atoms with Crippen LogP contribution in [0, 0.1) is 10.1 Å². The number of allylic oxidation sites excluding steroid dienone is 1. The third-order valence-electron chi connectivity index (χ3n) is 6.96. The van der Waals surface area contributed by atoms with E-state index in [2.05, 4.69) is 20.9 Å². The van der Waals surface area contributed by atoms with E-state index in [1.165, 1.54) is 23.5 Å². The van der Waals surface area contributed by atoms with Gasteiger partial charge in [-0.05, 0) is 64.3 Å². The lowest BCUT2D eigenvalue weighted by atomic mass is 9.91. The summed E-state index contributed by atoms with van der Waals surface area (Å²) in [6.45, 7) is 3.68. The predicted octanol–water partition coefficient (Wildman–Crippen LogP) is 5.88. The number of furan rings is 1. The number of nitro benzene ring substituents is 1. The number of non-ortho nitro benzene ring substituents is 1. The highest BCUT2D eigenvalue weighted by Gasteiger charge is 2.34. The molecule has 9 nitrogen and oxygen atoms in total. The summed E-state index contributed by atoms with van der Waals surface area (Å²) in [5, 5.41) is 13.0. The summed E-state index contributed by atoms with van der Waals surface area (Å²) in [5.41, 5.74) is 1.86. The molecule has 0 radical (unpaired) electrons. The van der Waals surface area contributed by atoms with Crippen molar-refractivity contribution in [3.8, 4) is 11.3 Å². The number of aromatic nitrogens is 1. The van der Waals surface area contributed by atoms with Gasteiger partial charge >= 0.3 is 5.97 Å². The smallest absolute Gasteiger partial charge is 0.338 e. The van der Waals surface area contributed by atoms with E-state index in [0.717, 1.165) is 16.3 Å². The van der Waals surface area contributed by atoms with Crippen LogP contribution in [-0.2, 0) is 9.53 Å². The molecular formula is C31H22BrN3O6S. The lowest BCUT2D eigenvalue weighted by Crippen LogP contribution is -2.40. The van der Waals surface area contributed by atoms with Crippen LogP contribution >= 0.6 is 27.3 Å². The third kappa shape index (κ3) is 4.80. The highest BCUT2D eigenvalue weighted by molar-refractivity contribution is 9.10. The second-order valence-electron chi connectivity index (χ2n) is 9.49. The minimum atomic E-state index is -0.739. The number of halogens is 1. The van der Waals surface area contributed by atoms with E-state index in [-0.39, 0.29) is 17.9 Å². The van der Waals surface area contributed by atoms with E-state index in [1.54, 1.807) is 42.7 Å². The SMILES string of the molecule is CCOC(=O)C1=C(C)N=c2s/c(=C\c3ccc(-c4ccc([N+](=O)[O-])cc4Br)o3)c(=O)n2[C@@H]1c1cccc2ccccc12. The molecule has 42 heavy (non-hydrogen) atoms. The van der Waals surface area contributed by atoms with Crippen LogP contribution < -0.4 is 14.9 Å². The molecule has 0 saturated heterocycles. The summed E-state index contributed by atoms with van der Waals surface area (Å²) in [7, 11) is 0. The molecule has 3 aromatic carbocycles. The summed E-state index contributed by atoms with van der Waals surface area (Å²) in [5.74, 6) is 0.378. The summed E-state index contributed by atoms with van der Waals surface area (Å²) < 4.78 is 13.9. The Morgan fingerprint density at radius 1 is 1.17 bits per heavy atom. The molecule has 0 fully saturated rings. The van der Waals surface area contributed by atoms with Gasteiger partial charge in [-0.2, -0.15) is 0 Å². The van der Waals surface area contributed by atoms with Gasteiger partial charge in [0.15, 0.2) is 4.80 Å². The van der Waals surface area contributed by atoms with Crippen LogP contribution in [0.1, 0.15) is 31.2 Å². The van der Waals surface area contributed by atoms with Gasteiger partial charge in [0.05, 0.1) is 33.4 Å². The molecule has 0 saturated carbocycles. The zero-order valence-corrected chi connectivity index (χ0v) is 24.8. The second-order valence-corrected chi connectivity index (χ2v) is 11.4. The Morgan fingerprint density at radius 2 is 1.95 bits per heavy atom. The average molecular weight is 645 g/mol. The number of carbonyl (C=O) groups excluding carboxylic acids is 1. The van der Waals surface area contributed by atoms with Crippen molar-refractivity contribution in [2.75, 3.05) is 6.61 Å². The first kappa shape index (κ1) is 27.6. The summed E-state index contributed by atoms with van der Waals surface area (Å²) in [6.07, 6.45) is 1.64. The van der Waals surface area contributed by atoms with Crippen LogP contribution in [0.15, 0.2) is 103 Å². The minimum Gasteiger partial charge on any atom is -0.463 e. The number of nitro groups is 1. The standard InChI is InChI=1S/C31H22BrN3O6S/c1-3-40-30(37)27-17(2)33-31-34(28(27)22-10-6-8-18-7-4-5-9-21(18)22)29(36)26(42-31)16-20-12-14-25(41-20)23-13-11-19(35(38)39)15-24(23)32/h4-16,28H,3H2,1-2H3/b26-16-/t28-/m1/s1. The van der Waals surface area contributed by atoms with Gasteiger partial charge in [-0.3, -0.25) is 19.5 Å². The summed E-state index contributed by atoms with van der Waals surface area (Å²) in [4.78, 5) is 43.0. The zero-order chi connectivity index (χ0) is 29.5. The van der Waals surface area contributed by atoms with E-state index in [9.17, 15) is 19.7 Å². The van der Waals surface area contributed by atoms with Crippen molar-refractivity contribution in [3.63, 3.8) is 0 Å². The molecule has 5 aromatic rings. The number of benzene rings is 3. The van der Waals surface area contributed by atoms with Gasteiger partial charge in [0.1, 0.15) is 11.5 Å². The quantitative estimate of drug-likeness (QED) is 0.130. The third-order valence-corrected chi connectivity index (χ3v) is 8.60. The highest BCUT2D eigenvalue weighted by Crippen LogP contribution is 2.35. The van der Waals surface area contributed by atoms with Crippen molar-refractivity contribution in [2.24, 2.45) is 4.99 Å². The topological polar surface area (TPSA) is 117 Å². The van der Waals surface area contributed by atoms with E-state index in [4.69, 9.17) is 9.15 Å². The first-order valence-corrected chi connectivity index (χ1v) is 14.6. The number of thiazole rings is 1. The Balaban J connectivity index is 1.50. The zero-order valence-electron chi connectivity index (χ0n) is 22.4. The van der Waals surface area contributed by atoms with Crippen molar-refractivity contribution in [1.82, 2.24) is 4.57 Å². The van der Waals surface area contributed by atoms with E-state index >= 15 is 0 Å². The second kappa shape index (κ2) is 11.0. The number of carbonyl (C=O) groups is 1. The fraction of sp³-hybridized carbons (Fsp3) is 0.129. The van der Waals surface area contributed by atoms with Gasteiger partial charge in [0.2, 0.25) is 0 Å². The Kier molecular flexibility index (Phi) is 7.21. The van der Waals surface area contributed by atoms with Crippen LogP contribution in [0.5, 0.6) is 0 Å². The molecule has 2 aromatic heterocycles. The van der Waals surface area contributed by atoms with Crippen molar-refractivity contribution in [2.45, 2.75) is 19.9 Å². The number of esters is 1. The molecule has 11 heteroatoms. The molecule has 0 unspecified atom stereocenters. The molecule has 3 heterocycles. The molecule has 0 spiro atoms. The number of nitrogens with zero attached hydrogens (tertiary/aromatic N) is 3. The fourth-order valence-electron chi connectivity index (χ4n) is 5.10. The Hall–Kier alpha value is -4.61. The van der Waals surface area contributed by atoms with Crippen molar-refractivity contribution >= 4 is 55.8 Å². The Labute approximate surface area is 251 Å². The van der Waals surface area contributed by atoms with Gasteiger partial charge < -0.3 is 9.15 Å². The number of hydrogen-bond acceptors (Lipinski definition) is 8. The van der Waals surface area contributed by atoms with Crippen LogP contribution in [-0.4, -0.2) is 22.1 Å². The van der Waals surface area contributed by atoms with Gasteiger partial charge in [0.25, 0.3) is 11.2 Å². The molecule has 1 aliphatic heterocycles. The normalized spacial score (nSPS) is 15.0. The summed E-state index contributed by atoms with van der Waals surface area (Å²) >= 11 is 4.58. The highest BCUT2D eigenvalue weighted by atomic mass is 79.9. The molecule has 6 rings (SSSR count). The van der Waals surface area contributed by atoms with Crippen molar-refractivity contribution < 1.29 is 18.9 Å². The molecule has 0 N–H and O–H groups in total. The molecular weight excluding hydrogens is 622 g/mol. The van der Waals surface area contributed by atoms with Crippen molar-refractivity contribution in [1.29, 1.82) is 0 Å². The van der Waals surface area contributed by atoms with Crippen molar-refractivity contribution in [3.05, 3.63) is 130 Å². The maximum absolute atomic E-state index is 14.0. The van der Waals surface area contributed by atoms with Crippen LogP contribution in [0.2, 0.25) is 0 Å². The van der Waals surface area contributed by atoms with Gasteiger partial charge in [-0.1, -0.05) is 53.8 Å². The Bertz CT molecular complexity index is 2120. The molecule has 0 amide bonds.